The number of amides is 1. The van der Waals surface area contributed by atoms with E-state index < -0.39 is 10.0 Å². The molecule has 0 aliphatic carbocycles. The Hall–Kier alpha value is -2.78. The predicted octanol–water partition coefficient (Wildman–Crippen LogP) is 4.50. The average Bonchev–Trinajstić information content (AvgIpc) is 3.12. The van der Waals surface area contributed by atoms with Gasteiger partial charge in [-0.3, -0.25) is 4.79 Å². The molecule has 7 nitrogen and oxygen atoms in total. The van der Waals surface area contributed by atoms with Crippen molar-refractivity contribution in [1.82, 2.24) is 13.9 Å². The summed E-state index contributed by atoms with van der Waals surface area (Å²) in [7, 11) is -3.59. The lowest BCUT2D eigenvalue weighted by Crippen LogP contribution is -2.30. The van der Waals surface area contributed by atoms with E-state index in [4.69, 9.17) is 0 Å². The van der Waals surface area contributed by atoms with E-state index in [9.17, 15) is 17.6 Å². The van der Waals surface area contributed by atoms with Crippen molar-refractivity contribution in [3.8, 4) is 0 Å². The van der Waals surface area contributed by atoms with Crippen LogP contribution in [0.25, 0.3) is 11.0 Å². The minimum absolute atomic E-state index is 0.174. The van der Waals surface area contributed by atoms with Crippen LogP contribution in [0.5, 0.6) is 0 Å². The van der Waals surface area contributed by atoms with Crippen molar-refractivity contribution in [2.45, 2.75) is 58.4 Å². The van der Waals surface area contributed by atoms with Crippen molar-refractivity contribution in [3.05, 3.63) is 53.6 Å². The molecular formula is C24H31FN4O3S. The lowest BCUT2D eigenvalue weighted by atomic mass is 10.2. The second kappa shape index (κ2) is 10.4. The molecule has 9 heteroatoms. The molecular weight excluding hydrogens is 443 g/mol. The third-order valence-electron chi connectivity index (χ3n) is 5.62. The maximum atomic E-state index is 13.7. The molecule has 178 valence electrons. The van der Waals surface area contributed by atoms with Crippen molar-refractivity contribution in [1.29, 1.82) is 0 Å². The normalized spacial score (nSPS) is 11.9. The molecule has 1 heterocycles. The third kappa shape index (κ3) is 5.42. The maximum absolute atomic E-state index is 13.7. The van der Waals surface area contributed by atoms with Crippen LogP contribution >= 0.6 is 0 Å². The Morgan fingerprint density at radius 3 is 2.48 bits per heavy atom. The number of fused-ring (bicyclic) bond motifs is 1. The van der Waals surface area contributed by atoms with Crippen molar-refractivity contribution >= 4 is 32.7 Å². The van der Waals surface area contributed by atoms with E-state index in [2.05, 4.69) is 10.3 Å². The molecule has 1 amide bonds. The summed E-state index contributed by atoms with van der Waals surface area (Å²) in [5.74, 6) is 0.112. The van der Waals surface area contributed by atoms with Crippen molar-refractivity contribution in [2.24, 2.45) is 0 Å². The van der Waals surface area contributed by atoms with Crippen molar-refractivity contribution in [3.63, 3.8) is 0 Å². The zero-order valence-corrected chi connectivity index (χ0v) is 20.4. The van der Waals surface area contributed by atoms with Gasteiger partial charge in [0.15, 0.2) is 0 Å². The van der Waals surface area contributed by atoms with Gasteiger partial charge in [-0.15, -0.1) is 0 Å². The lowest BCUT2D eigenvalue weighted by Gasteiger charge is -2.18. The largest absolute Gasteiger partial charge is 0.328 e. The molecule has 0 saturated carbocycles. The smallest absolute Gasteiger partial charge is 0.243 e. The van der Waals surface area contributed by atoms with Crippen LogP contribution in [0.1, 0.15) is 45.0 Å². The number of benzene rings is 2. The number of carbonyl (C=O) groups excluding carboxylic acids is 1. The minimum Gasteiger partial charge on any atom is -0.328 e. The molecule has 3 rings (SSSR count). The van der Waals surface area contributed by atoms with E-state index in [1.165, 1.54) is 10.4 Å². The van der Waals surface area contributed by atoms with E-state index in [-0.39, 0.29) is 23.0 Å². The number of aromatic nitrogens is 2. The maximum Gasteiger partial charge on any atom is 0.243 e. The summed E-state index contributed by atoms with van der Waals surface area (Å²) in [6, 6.07) is 9.60. The second-order valence-corrected chi connectivity index (χ2v) is 9.87. The van der Waals surface area contributed by atoms with Crippen LogP contribution in [-0.4, -0.2) is 41.3 Å². The van der Waals surface area contributed by atoms with Gasteiger partial charge in [0.05, 0.1) is 15.9 Å². The Labute approximate surface area is 194 Å². The molecule has 0 atom stereocenters. The summed E-state index contributed by atoms with van der Waals surface area (Å²) in [5, 5.41) is 2.72. The molecule has 1 N–H and O–H groups in total. The number of rotatable bonds is 10. The topological polar surface area (TPSA) is 84.3 Å². The van der Waals surface area contributed by atoms with Gasteiger partial charge in [0.2, 0.25) is 15.9 Å². The number of imidazole rings is 1. The van der Waals surface area contributed by atoms with Gasteiger partial charge in [0.1, 0.15) is 11.6 Å². The monoisotopic (exact) mass is 474 g/mol. The summed E-state index contributed by atoms with van der Waals surface area (Å²) in [4.78, 5) is 17.3. The van der Waals surface area contributed by atoms with E-state index in [1.807, 2.05) is 25.3 Å². The standard InChI is InChI=1S/C24H31FN4O3S/c1-5-14-29-22-11-10-19(33(31,32)28(6-2)7-3)16-21(22)27-23(29)12-13-24(30)26-18-9-8-17(4)20(25)15-18/h8-11,15-16H,5-7,12-14H2,1-4H3,(H,26,30). The van der Waals surface area contributed by atoms with Crippen LogP contribution in [0, 0.1) is 12.7 Å². The molecule has 3 aromatic rings. The van der Waals surface area contributed by atoms with Crippen LogP contribution in [0.15, 0.2) is 41.3 Å². The molecule has 0 aliphatic rings. The number of aryl methyl sites for hydroxylation is 3. The predicted molar refractivity (Wildman–Crippen MR) is 128 cm³/mol. The highest BCUT2D eigenvalue weighted by atomic mass is 32.2. The van der Waals surface area contributed by atoms with Crippen LogP contribution in [-0.2, 0) is 27.8 Å². The Morgan fingerprint density at radius 1 is 1.12 bits per heavy atom. The SMILES string of the molecule is CCCn1c(CCC(=O)Nc2ccc(C)c(F)c2)nc2cc(S(=O)(=O)N(CC)CC)ccc21. The fourth-order valence-corrected chi connectivity index (χ4v) is 5.29. The van der Waals surface area contributed by atoms with Crippen LogP contribution in [0.3, 0.4) is 0 Å². The highest BCUT2D eigenvalue weighted by Crippen LogP contribution is 2.24. The zero-order valence-electron chi connectivity index (χ0n) is 19.6. The third-order valence-corrected chi connectivity index (χ3v) is 7.67. The Bertz CT molecular complexity index is 1250. The van der Waals surface area contributed by atoms with Gasteiger partial charge >= 0.3 is 0 Å². The van der Waals surface area contributed by atoms with Gasteiger partial charge in [0.25, 0.3) is 0 Å². The first-order valence-corrected chi connectivity index (χ1v) is 12.7. The zero-order chi connectivity index (χ0) is 24.2. The molecule has 0 fully saturated rings. The number of anilines is 1. The van der Waals surface area contributed by atoms with E-state index in [0.29, 0.717) is 42.8 Å². The molecule has 0 spiro atoms. The number of sulfonamides is 1. The molecule has 0 radical (unpaired) electrons. The first kappa shape index (κ1) is 24.9. The molecule has 33 heavy (non-hydrogen) atoms. The van der Waals surface area contributed by atoms with E-state index in [1.54, 1.807) is 37.3 Å². The summed E-state index contributed by atoms with van der Waals surface area (Å²) in [5.41, 5.74) is 2.36. The quantitative estimate of drug-likeness (QED) is 0.469. The number of hydrogen-bond acceptors (Lipinski definition) is 4. The highest BCUT2D eigenvalue weighted by molar-refractivity contribution is 7.89. The molecule has 2 aromatic carbocycles. The van der Waals surface area contributed by atoms with Crippen LogP contribution in [0.4, 0.5) is 10.1 Å². The summed E-state index contributed by atoms with van der Waals surface area (Å²) < 4.78 is 43.0. The van der Waals surface area contributed by atoms with Gasteiger partial charge in [-0.1, -0.05) is 26.8 Å². The second-order valence-electron chi connectivity index (χ2n) is 7.93. The number of halogens is 1. The van der Waals surface area contributed by atoms with E-state index in [0.717, 1.165) is 17.8 Å². The molecule has 1 aromatic heterocycles. The van der Waals surface area contributed by atoms with Gasteiger partial charge in [-0.25, -0.2) is 17.8 Å². The Morgan fingerprint density at radius 2 is 1.85 bits per heavy atom. The number of hydrogen-bond donors (Lipinski definition) is 1. The average molecular weight is 475 g/mol. The highest BCUT2D eigenvalue weighted by Gasteiger charge is 2.23. The summed E-state index contributed by atoms with van der Waals surface area (Å²) in [6.45, 7) is 8.83. The van der Waals surface area contributed by atoms with E-state index >= 15 is 0 Å². The summed E-state index contributed by atoms with van der Waals surface area (Å²) in [6.07, 6.45) is 1.42. The Balaban J connectivity index is 1.83. The number of nitrogens with one attached hydrogen (secondary N) is 1. The van der Waals surface area contributed by atoms with Crippen molar-refractivity contribution < 1.29 is 17.6 Å². The van der Waals surface area contributed by atoms with Crippen molar-refractivity contribution in [2.75, 3.05) is 18.4 Å². The number of carbonyl (C=O) groups is 1. The van der Waals surface area contributed by atoms with Gasteiger partial charge in [-0.05, 0) is 49.2 Å². The van der Waals surface area contributed by atoms with Gasteiger partial charge in [-0.2, -0.15) is 4.31 Å². The fourth-order valence-electron chi connectivity index (χ4n) is 3.82. The lowest BCUT2D eigenvalue weighted by molar-refractivity contribution is -0.116. The number of nitrogens with zero attached hydrogens (tertiary/aromatic N) is 3. The minimum atomic E-state index is -3.59. The van der Waals surface area contributed by atoms with Crippen LogP contribution in [0.2, 0.25) is 0 Å². The summed E-state index contributed by atoms with van der Waals surface area (Å²) >= 11 is 0. The fraction of sp³-hybridized carbons (Fsp3) is 0.417. The Kier molecular flexibility index (Phi) is 7.86. The molecule has 0 aliphatic heterocycles. The first-order valence-electron chi connectivity index (χ1n) is 11.3. The van der Waals surface area contributed by atoms with Gasteiger partial charge in [0, 0.05) is 38.2 Å². The first-order chi connectivity index (χ1) is 15.7. The van der Waals surface area contributed by atoms with Gasteiger partial charge < -0.3 is 9.88 Å². The molecule has 0 unspecified atom stereocenters. The van der Waals surface area contributed by atoms with Crippen LogP contribution < -0.4 is 5.32 Å². The molecule has 0 bridgehead atoms. The molecule has 0 saturated heterocycles.